The minimum Gasteiger partial charge on any atom is -0.326 e. The molecule has 0 atom stereocenters. The molecule has 0 spiro atoms. The standard InChI is InChI=1S/C11H10F2N2O2S2/c12-9-1-2-10(11(13)8(9)5-14)19(16,17)15-7-3-4-18-6-7/h1-4,6,15H,5,14H2. The number of sulfonamides is 1. The molecule has 0 amide bonds. The molecular formula is C11H10F2N2O2S2. The Morgan fingerprint density at radius 1 is 1.26 bits per heavy atom. The van der Waals surface area contributed by atoms with E-state index < -0.39 is 38.7 Å². The molecular weight excluding hydrogens is 294 g/mol. The molecule has 0 saturated carbocycles. The number of nitrogens with one attached hydrogen (secondary N) is 1. The number of benzene rings is 1. The van der Waals surface area contributed by atoms with Crippen molar-refractivity contribution in [3.8, 4) is 0 Å². The van der Waals surface area contributed by atoms with Crippen LogP contribution in [0.15, 0.2) is 33.9 Å². The van der Waals surface area contributed by atoms with Crippen molar-refractivity contribution < 1.29 is 17.2 Å². The van der Waals surface area contributed by atoms with E-state index >= 15 is 0 Å². The summed E-state index contributed by atoms with van der Waals surface area (Å²) in [5.74, 6) is -2.03. The molecule has 0 aliphatic heterocycles. The van der Waals surface area contributed by atoms with Gasteiger partial charge in [-0.2, -0.15) is 11.3 Å². The molecule has 0 unspecified atom stereocenters. The van der Waals surface area contributed by atoms with Gasteiger partial charge in [-0.05, 0) is 23.6 Å². The van der Waals surface area contributed by atoms with Gasteiger partial charge in [0.15, 0.2) is 5.82 Å². The SMILES string of the molecule is NCc1c(F)ccc(S(=O)(=O)Nc2ccsc2)c1F. The Labute approximate surface area is 112 Å². The van der Waals surface area contributed by atoms with Gasteiger partial charge in [-0.15, -0.1) is 0 Å². The average Bonchev–Trinajstić information content (AvgIpc) is 2.81. The van der Waals surface area contributed by atoms with E-state index in [-0.39, 0.29) is 0 Å². The maximum atomic E-state index is 13.9. The van der Waals surface area contributed by atoms with Gasteiger partial charge in [0.25, 0.3) is 10.0 Å². The van der Waals surface area contributed by atoms with E-state index in [2.05, 4.69) is 4.72 Å². The summed E-state index contributed by atoms with van der Waals surface area (Å²) in [5, 5.41) is 3.23. The van der Waals surface area contributed by atoms with Crippen molar-refractivity contribution in [3.63, 3.8) is 0 Å². The number of halogens is 2. The summed E-state index contributed by atoms with van der Waals surface area (Å²) in [4.78, 5) is -0.624. The van der Waals surface area contributed by atoms with Crippen LogP contribution in [0.4, 0.5) is 14.5 Å². The van der Waals surface area contributed by atoms with E-state index in [0.717, 1.165) is 12.1 Å². The summed E-state index contributed by atoms with van der Waals surface area (Å²) >= 11 is 1.29. The van der Waals surface area contributed by atoms with E-state index in [4.69, 9.17) is 5.73 Å². The maximum Gasteiger partial charge on any atom is 0.264 e. The van der Waals surface area contributed by atoms with Gasteiger partial charge in [0, 0.05) is 17.5 Å². The third-order valence-corrected chi connectivity index (χ3v) is 4.50. The summed E-state index contributed by atoms with van der Waals surface area (Å²) in [6, 6.07) is 3.29. The fourth-order valence-electron chi connectivity index (χ4n) is 1.50. The molecule has 0 aliphatic carbocycles. The van der Waals surface area contributed by atoms with Crippen LogP contribution in [0.3, 0.4) is 0 Å². The Bertz CT molecular complexity index is 685. The van der Waals surface area contributed by atoms with Gasteiger partial charge in [0.2, 0.25) is 0 Å². The maximum absolute atomic E-state index is 13.9. The minimum atomic E-state index is -4.10. The molecule has 2 aromatic rings. The lowest BCUT2D eigenvalue weighted by Gasteiger charge is -2.10. The van der Waals surface area contributed by atoms with Crippen LogP contribution in [0.2, 0.25) is 0 Å². The molecule has 1 aromatic carbocycles. The average molecular weight is 304 g/mol. The Hall–Kier alpha value is -1.51. The lowest BCUT2D eigenvalue weighted by molar-refractivity contribution is 0.530. The van der Waals surface area contributed by atoms with Gasteiger partial charge < -0.3 is 5.73 Å². The normalized spacial score (nSPS) is 11.5. The topological polar surface area (TPSA) is 72.2 Å². The summed E-state index contributed by atoms with van der Waals surface area (Å²) < 4.78 is 53.4. The molecule has 0 aliphatic rings. The molecule has 102 valence electrons. The van der Waals surface area contributed by atoms with Crippen molar-refractivity contribution in [2.45, 2.75) is 11.4 Å². The second-order valence-electron chi connectivity index (χ2n) is 3.66. The first-order chi connectivity index (χ1) is 8.95. The monoisotopic (exact) mass is 304 g/mol. The van der Waals surface area contributed by atoms with Gasteiger partial charge in [0.05, 0.1) is 5.69 Å². The number of thiophene rings is 1. The predicted octanol–water partition coefficient (Wildman–Crippen LogP) is 2.29. The molecule has 0 radical (unpaired) electrons. The van der Waals surface area contributed by atoms with Crippen LogP contribution >= 0.6 is 11.3 Å². The number of hydrogen-bond donors (Lipinski definition) is 2. The predicted molar refractivity (Wildman–Crippen MR) is 69.4 cm³/mol. The first kappa shape index (κ1) is 13.9. The van der Waals surface area contributed by atoms with Gasteiger partial charge >= 0.3 is 0 Å². The van der Waals surface area contributed by atoms with E-state index in [0.29, 0.717) is 5.69 Å². The third kappa shape index (κ3) is 2.75. The van der Waals surface area contributed by atoms with Crippen LogP contribution < -0.4 is 10.5 Å². The number of hydrogen-bond acceptors (Lipinski definition) is 4. The molecule has 1 aromatic heterocycles. The van der Waals surface area contributed by atoms with Crippen LogP contribution in [-0.2, 0) is 16.6 Å². The number of anilines is 1. The van der Waals surface area contributed by atoms with Crippen molar-refractivity contribution in [1.29, 1.82) is 0 Å². The highest BCUT2D eigenvalue weighted by Crippen LogP contribution is 2.23. The van der Waals surface area contributed by atoms with Gasteiger partial charge in [-0.1, -0.05) is 0 Å². The molecule has 4 nitrogen and oxygen atoms in total. The zero-order valence-corrected chi connectivity index (χ0v) is 11.2. The van der Waals surface area contributed by atoms with Crippen molar-refractivity contribution in [2.75, 3.05) is 4.72 Å². The Morgan fingerprint density at radius 3 is 2.58 bits per heavy atom. The Kier molecular flexibility index (Phi) is 3.83. The van der Waals surface area contributed by atoms with Gasteiger partial charge in [-0.25, -0.2) is 17.2 Å². The summed E-state index contributed by atoms with van der Waals surface area (Å²) in [6.45, 7) is -0.417. The minimum absolute atomic E-state index is 0.322. The smallest absolute Gasteiger partial charge is 0.264 e. The molecule has 3 N–H and O–H groups in total. The zero-order chi connectivity index (χ0) is 14.0. The van der Waals surface area contributed by atoms with Gasteiger partial charge in [-0.3, -0.25) is 4.72 Å². The fraction of sp³-hybridized carbons (Fsp3) is 0.0909. The zero-order valence-electron chi connectivity index (χ0n) is 9.56. The summed E-state index contributed by atoms with van der Waals surface area (Å²) in [5.41, 5.74) is 5.08. The highest BCUT2D eigenvalue weighted by atomic mass is 32.2. The van der Waals surface area contributed by atoms with Gasteiger partial charge in [0.1, 0.15) is 10.7 Å². The highest BCUT2D eigenvalue weighted by molar-refractivity contribution is 7.92. The van der Waals surface area contributed by atoms with Crippen molar-refractivity contribution in [2.24, 2.45) is 5.73 Å². The summed E-state index contributed by atoms with van der Waals surface area (Å²) in [7, 11) is -4.10. The Morgan fingerprint density at radius 2 is 2.00 bits per heavy atom. The van der Waals surface area contributed by atoms with Crippen LogP contribution in [0.1, 0.15) is 5.56 Å². The van der Waals surface area contributed by atoms with E-state index in [9.17, 15) is 17.2 Å². The third-order valence-electron chi connectivity index (χ3n) is 2.42. The number of rotatable bonds is 4. The number of nitrogens with two attached hydrogens (primary N) is 1. The molecule has 0 fully saturated rings. The molecule has 8 heteroatoms. The fourth-order valence-corrected chi connectivity index (χ4v) is 3.32. The van der Waals surface area contributed by atoms with E-state index in [1.807, 2.05) is 0 Å². The molecule has 1 heterocycles. The lowest BCUT2D eigenvalue weighted by atomic mass is 10.2. The molecule has 19 heavy (non-hydrogen) atoms. The quantitative estimate of drug-likeness (QED) is 0.910. The second-order valence-corrected chi connectivity index (χ2v) is 6.09. The van der Waals surface area contributed by atoms with Crippen LogP contribution in [0.25, 0.3) is 0 Å². The Balaban J connectivity index is 2.47. The van der Waals surface area contributed by atoms with E-state index in [1.54, 1.807) is 10.8 Å². The highest BCUT2D eigenvalue weighted by Gasteiger charge is 2.23. The van der Waals surface area contributed by atoms with Crippen LogP contribution in [-0.4, -0.2) is 8.42 Å². The van der Waals surface area contributed by atoms with Crippen LogP contribution in [0.5, 0.6) is 0 Å². The molecule has 0 bridgehead atoms. The van der Waals surface area contributed by atoms with E-state index in [1.165, 1.54) is 17.4 Å². The van der Waals surface area contributed by atoms with Crippen molar-refractivity contribution in [1.82, 2.24) is 0 Å². The first-order valence-corrected chi connectivity index (χ1v) is 7.60. The summed E-state index contributed by atoms with van der Waals surface area (Å²) in [6.07, 6.45) is 0. The van der Waals surface area contributed by atoms with Crippen molar-refractivity contribution in [3.05, 3.63) is 46.2 Å². The first-order valence-electron chi connectivity index (χ1n) is 5.17. The molecule has 0 saturated heterocycles. The molecule has 2 rings (SSSR count). The lowest BCUT2D eigenvalue weighted by Crippen LogP contribution is -2.16. The largest absolute Gasteiger partial charge is 0.326 e. The van der Waals surface area contributed by atoms with Crippen LogP contribution in [0, 0.1) is 11.6 Å². The second kappa shape index (κ2) is 5.24. The van der Waals surface area contributed by atoms with Crippen molar-refractivity contribution >= 4 is 27.0 Å².